The van der Waals surface area contributed by atoms with E-state index >= 15 is 0 Å². The van der Waals surface area contributed by atoms with Crippen molar-refractivity contribution in [1.82, 2.24) is 0 Å². The Morgan fingerprint density at radius 3 is 2.94 bits per heavy atom. The molecular weight excluding hydrogens is 216 g/mol. The molecule has 1 heterocycles. The standard InChI is InChI=1S/C13H18N2O2/c1-9(16)15-7-6-11(14)8-10-4-3-5-12(17-2)13(10)15/h3-5,11H,6-8,14H2,1-2H3. The Labute approximate surface area is 101 Å². The van der Waals surface area contributed by atoms with Crippen molar-refractivity contribution in [1.29, 1.82) is 0 Å². The molecule has 92 valence electrons. The number of rotatable bonds is 1. The summed E-state index contributed by atoms with van der Waals surface area (Å²) in [6, 6.07) is 5.93. The van der Waals surface area contributed by atoms with Crippen molar-refractivity contribution in [3.8, 4) is 5.75 Å². The maximum absolute atomic E-state index is 11.7. The van der Waals surface area contributed by atoms with Crippen LogP contribution in [0.3, 0.4) is 0 Å². The number of methoxy groups -OCH3 is 1. The van der Waals surface area contributed by atoms with E-state index in [2.05, 4.69) is 0 Å². The highest BCUT2D eigenvalue weighted by atomic mass is 16.5. The van der Waals surface area contributed by atoms with Gasteiger partial charge >= 0.3 is 0 Å². The molecule has 0 bridgehead atoms. The first-order valence-electron chi connectivity index (χ1n) is 5.83. The molecule has 0 aliphatic carbocycles. The van der Waals surface area contributed by atoms with Crippen molar-refractivity contribution in [2.45, 2.75) is 25.8 Å². The van der Waals surface area contributed by atoms with Crippen LogP contribution < -0.4 is 15.4 Å². The van der Waals surface area contributed by atoms with Crippen LogP contribution in [0.4, 0.5) is 5.69 Å². The molecule has 1 aliphatic rings. The number of anilines is 1. The van der Waals surface area contributed by atoms with Crippen LogP contribution in [0, 0.1) is 0 Å². The summed E-state index contributed by atoms with van der Waals surface area (Å²) in [5.74, 6) is 0.775. The maximum atomic E-state index is 11.7. The van der Waals surface area contributed by atoms with Gasteiger partial charge in [-0.15, -0.1) is 0 Å². The Kier molecular flexibility index (Phi) is 3.33. The topological polar surface area (TPSA) is 55.6 Å². The van der Waals surface area contributed by atoms with Gasteiger partial charge in [0.15, 0.2) is 0 Å². The Balaban J connectivity index is 2.53. The van der Waals surface area contributed by atoms with Crippen LogP contribution in [-0.4, -0.2) is 25.6 Å². The van der Waals surface area contributed by atoms with Crippen LogP contribution in [0.2, 0.25) is 0 Å². The van der Waals surface area contributed by atoms with Gasteiger partial charge in [-0.3, -0.25) is 4.79 Å². The molecule has 1 amide bonds. The molecule has 0 spiro atoms. The molecule has 0 aromatic heterocycles. The SMILES string of the molecule is COc1cccc2c1N(C(C)=O)CCC(N)C2. The highest BCUT2D eigenvalue weighted by Crippen LogP contribution is 2.35. The number of ether oxygens (including phenoxy) is 1. The van der Waals surface area contributed by atoms with Gasteiger partial charge in [0.05, 0.1) is 12.8 Å². The minimum Gasteiger partial charge on any atom is -0.495 e. The zero-order valence-corrected chi connectivity index (χ0v) is 10.3. The number of amides is 1. The molecule has 2 rings (SSSR count). The van der Waals surface area contributed by atoms with Gasteiger partial charge in [-0.1, -0.05) is 12.1 Å². The number of para-hydroxylation sites is 1. The Hall–Kier alpha value is -1.55. The fourth-order valence-electron chi connectivity index (χ4n) is 2.31. The van der Waals surface area contributed by atoms with Crippen molar-refractivity contribution in [2.24, 2.45) is 5.73 Å². The van der Waals surface area contributed by atoms with Gasteiger partial charge in [-0.25, -0.2) is 0 Å². The molecule has 0 saturated heterocycles. The first-order chi connectivity index (χ1) is 8.13. The van der Waals surface area contributed by atoms with Crippen LogP contribution in [0.1, 0.15) is 18.9 Å². The molecule has 1 atom stereocenters. The molecule has 17 heavy (non-hydrogen) atoms. The second-order valence-electron chi connectivity index (χ2n) is 4.39. The third kappa shape index (κ3) is 2.26. The monoisotopic (exact) mass is 234 g/mol. The summed E-state index contributed by atoms with van der Waals surface area (Å²) in [5.41, 5.74) is 8.00. The number of benzene rings is 1. The van der Waals surface area contributed by atoms with Gasteiger partial charge in [0.25, 0.3) is 0 Å². The minimum atomic E-state index is 0.0323. The van der Waals surface area contributed by atoms with Gasteiger partial charge in [0, 0.05) is 19.5 Å². The molecule has 1 aromatic rings. The third-order valence-corrected chi connectivity index (χ3v) is 3.16. The summed E-state index contributed by atoms with van der Waals surface area (Å²) < 4.78 is 5.35. The maximum Gasteiger partial charge on any atom is 0.223 e. The van der Waals surface area contributed by atoms with E-state index in [1.807, 2.05) is 18.2 Å². The van der Waals surface area contributed by atoms with Crippen LogP contribution in [-0.2, 0) is 11.2 Å². The van der Waals surface area contributed by atoms with Gasteiger partial charge in [-0.2, -0.15) is 0 Å². The van der Waals surface area contributed by atoms with Crippen LogP contribution >= 0.6 is 0 Å². The van der Waals surface area contributed by atoms with Crippen LogP contribution in [0.25, 0.3) is 0 Å². The Bertz CT molecular complexity index is 431. The predicted octanol–water partition coefficient (Wildman–Crippen LogP) is 1.32. The summed E-state index contributed by atoms with van der Waals surface area (Å²) in [6.07, 6.45) is 1.60. The lowest BCUT2D eigenvalue weighted by Gasteiger charge is -2.23. The molecule has 4 nitrogen and oxygen atoms in total. The Morgan fingerprint density at radius 2 is 2.29 bits per heavy atom. The molecule has 0 fully saturated rings. The number of fused-ring (bicyclic) bond motifs is 1. The van der Waals surface area contributed by atoms with E-state index in [-0.39, 0.29) is 11.9 Å². The van der Waals surface area contributed by atoms with Crippen molar-refractivity contribution in [3.63, 3.8) is 0 Å². The first-order valence-corrected chi connectivity index (χ1v) is 5.83. The number of hydrogen-bond acceptors (Lipinski definition) is 3. The molecule has 1 aliphatic heterocycles. The summed E-state index contributed by atoms with van der Waals surface area (Å²) in [4.78, 5) is 13.5. The highest BCUT2D eigenvalue weighted by molar-refractivity contribution is 5.94. The quantitative estimate of drug-likeness (QED) is 0.797. The van der Waals surface area contributed by atoms with Gasteiger partial charge < -0.3 is 15.4 Å². The average molecular weight is 234 g/mol. The summed E-state index contributed by atoms with van der Waals surface area (Å²) in [6.45, 7) is 2.23. The normalized spacial score (nSPS) is 19.5. The van der Waals surface area contributed by atoms with E-state index in [0.717, 1.165) is 29.8 Å². The van der Waals surface area contributed by atoms with E-state index < -0.39 is 0 Å². The summed E-state index contributed by atoms with van der Waals surface area (Å²) in [5, 5.41) is 0. The fourth-order valence-corrected chi connectivity index (χ4v) is 2.31. The van der Waals surface area contributed by atoms with Crippen LogP contribution in [0.15, 0.2) is 18.2 Å². The smallest absolute Gasteiger partial charge is 0.223 e. The largest absolute Gasteiger partial charge is 0.495 e. The van der Waals surface area contributed by atoms with E-state index in [1.54, 1.807) is 18.9 Å². The molecule has 0 saturated carbocycles. The van der Waals surface area contributed by atoms with Crippen molar-refractivity contribution in [3.05, 3.63) is 23.8 Å². The predicted molar refractivity (Wildman–Crippen MR) is 67.3 cm³/mol. The minimum absolute atomic E-state index is 0.0323. The summed E-state index contributed by atoms with van der Waals surface area (Å²) >= 11 is 0. The van der Waals surface area contributed by atoms with Gasteiger partial charge in [-0.05, 0) is 24.5 Å². The van der Waals surface area contributed by atoms with Gasteiger partial charge in [0.2, 0.25) is 5.91 Å². The Morgan fingerprint density at radius 1 is 1.53 bits per heavy atom. The van der Waals surface area contributed by atoms with Crippen molar-refractivity contribution >= 4 is 11.6 Å². The zero-order chi connectivity index (χ0) is 12.4. The second-order valence-corrected chi connectivity index (χ2v) is 4.39. The highest BCUT2D eigenvalue weighted by Gasteiger charge is 2.24. The molecule has 2 N–H and O–H groups in total. The molecule has 1 unspecified atom stereocenters. The second kappa shape index (κ2) is 4.75. The average Bonchev–Trinajstić information content (AvgIpc) is 2.46. The lowest BCUT2D eigenvalue weighted by molar-refractivity contribution is -0.116. The number of hydrogen-bond donors (Lipinski definition) is 1. The van der Waals surface area contributed by atoms with Crippen LogP contribution in [0.5, 0.6) is 5.75 Å². The molecular formula is C13H18N2O2. The van der Waals surface area contributed by atoms with E-state index in [9.17, 15) is 4.79 Å². The van der Waals surface area contributed by atoms with E-state index in [4.69, 9.17) is 10.5 Å². The zero-order valence-electron chi connectivity index (χ0n) is 10.3. The summed E-state index contributed by atoms with van der Waals surface area (Å²) in [7, 11) is 1.62. The lowest BCUT2D eigenvalue weighted by Crippen LogP contribution is -2.31. The number of nitrogens with two attached hydrogens (primary N) is 1. The molecule has 4 heteroatoms. The third-order valence-electron chi connectivity index (χ3n) is 3.16. The van der Waals surface area contributed by atoms with Crippen molar-refractivity contribution in [2.75, 3.05) is 18.6 Å². The fraction of sp³-hybridized carbons (Fsp3) is 0.462. The molecule has 0 radical (unpaired) electrons. The first kappa shape index (κ1) is 11.9. The number of nitrogens with zero attached hydrogens (tertiary/aromatic N) is 1. The van der Waals surface area contributed by atoms with E-state index in [1.165, 1.54) is 0 Å². The van der Waals surface area contributed by atoms with Gasteiger partial charge in [0.1, 0.15) is 5.75 Å². The number of carbonyl (C=O) groups excluding carboxylic acids is 1. The lowest BCUT2D eigenvalue weighted by atomic mass is 10.0. The van der Waals surface area contributed by atoms with Crippen molar-refractivity contribution < 1.29 is 9.53 Å². The van der Waals surface area contributed by atoms with E-state index in [0.29, 0.717) is 6.54 Å². The molecule has 1 aromatic carbocycles. The number of carbonyl (C=O) groups is 1.